The number of hydrogen-bond donors (Lipinski definition) is 2. The summed E-state index contributed by atoms with van der Waals surface area (Å²) in [6.07, 6.45) is 1.15. The minimum atomic E-state index is -0.503. The summed E-state index contributed by atoms with van der Waals surface area (Å²) in [5.41, 5.74) is 0.588. The van der Waals surface area contributed by atoms with E-state index < -0.39 is 5.97 Å². The summed E-state index contributed by atoms with van der Waals surface area (Å²) >= 11 is 7.32. The Balaban J connectivity index is 1.55. The lowest BCUT2D eigenvalue weighted by atomic mass is 10.2. The van der Waals surface area contributed by atoms with Gasteiger partial charge in [-0.1, -0.05) is 23.4 Å². The van der Waals surface area contributed by atoms with Gasteiger partial charge in [0.25, 0.3) is 5.91 Å². The number of rotatable bonds is 9. The first-order valence-corrected chi connectivity index (χ1v) is 11.2. The van der Waals surface area contributed by atoms with E-state index in [1.807, 2.05) is 0 Å². The van der Waals surface area contributed by atoms with Gasteiger partial charge in [-0.2, -0.15) is 0 Å². The van der Waals surface area contributed by atoms with Gasteiger partial charge in [0.05, 0.1) is 40.9 Å². The lowest BCUT2D eigenvalue weighted by molar-refractivity contribution is -0.113. The molecular formula is C21H22ClN5O5S. The molecule has 0 radical (unpaired) electrons. The summed E-state index contributed by atoms with van der Waals surface area (Å²) in [6, 6.07) is 7.70. The van der Waals surface area contributed by atoms with Crippen LogP contribution in [0, 0.1) is 0 Å². The average Bonchev–Trinajstić information content (AvgIpc) is 3.42. The number of hydrogen-bond acceptors (Lipinski definition) is 8. The molecule has 2 amide bonds. The highest BCUT2D eigenvalue weighted by Crippen LogP contribution is 2.24. The highest BCUT2D eigenvalue weighted by atomic mass is 35.5. The van der Waals surface area contributed by atoms with Crippen LogP contribution in [0.3, 0.4) is 0 Å². The highest BCUT2D eigenvalue weighted by molar-refractivity contribution is 7.99. The Kier molecular flexibility index (Phi) is 8.12. The molecule has 10 nitrogen and oxygen atoms in total. The van der Waals surface area contributed by atoms with Crippen molar-refractivity contribution in [3.63, 3.8) is 0 Å². The number of carbonyl (C=O) groups excluding carboxylic acids is 3. The fraction of sp³-hybridized carbons (Fsp3) is 0.286. The van der Waals surface area contributed by atoms with Crippen LogP contribution in [0.2, 0.25) is 5.02 Å². The van der Waals surface area contributed by atoms with Crippen molar-refractivity contribution in [1.82, 2.24) is 20.1 Å². The molecule has 12 heteroatoms. The molecule has 3 rings (SSSR count). The molecule has 0 unspecified atom stereocenters. The van der Waals surface area contributed by atoms with E-state index >= 15 is 0 Å². The Morgan fingerprint density at radius 1 is 1.24 bits per heavy atom. The van der Waals surface area contributed by atoms with Crippen LogP contribution in [0.5, 0.6) is 0 Å². The summed E-state index contributed by atoms with van der Waals surface area (Å²) in [5.74, 6) is -0.472. The van der Waals surface area contributed by atoms with Crippen molar-refractivity contribution in [2.75, 3.05) is 11.1 Å². The van der Waals surface area contributed by atoms with Gasteiger partial charge in [-0.15, -0.1) is 10.2 Å². The lowest BCUT2D eigenvalue weighted by Gasteiger charge is -2.11. The standard InChI is InChI=1S/C21H22ClN5O5S/c1-12(2)32-20(30)13-6-7-14(22)15(9-13)24-18(28)11-33-21-26-25-17(27(21)3)10-23-19(29)16-5-4-8-31-16/h4-9,12H,10-11H2,1-3H3,(H,23,29)(H,24,28). The molecule has 3 aromatic rings. The fourth-order valence-electron chi connectivity index (χ4n) is 2.63. The summed E-state index contributed by atoms with van der Waals surface area (Å²) in [4.78, 5) is 36.5. The Hall–Kier alpha value is -3.31. The zero-order chi connectivity index (χ0) is 24.0. The topological polar surface area (TPSA) is 128 Å². The van der Waals surface area contributed by atoms with Crippen molar-refractivity contribution in [3.8, 4) is 0 Å². The lowest BCUT2D eigenvalue weighted by Crippen LogP contribution is -2.24. The Morgan fingerprint density at radius 2 is 2.03 bits per heavy atom. The van der Waals surface area contributed by atoms with Gasteiger partial charge in [-0.25, -0.2) is 4.79 Å². The largest absolute Gasteiger partial charge is 0.459 e. The van der Waals surface area contributed by atoms with Crippen LogP contribution in [0.15, 0.2) is 46.2 Å². The number of amides is 2. The molecule has 0 aliphatic carbocycles. The van der Waals surface area contributed by atoms with Crippen LogP contribution >= 0.6 is 23.4 Å². The first kappa shape index (κ1) is 24.3. The van der Waals surface area contributed by atoms with Crippen LogP contribution in [0.25, 0.3) is 0 Å². The molecule has 174 valence electrons. The van der Waals surface area contributed by atoms with Crippen LogP contribution < -0.4 is 10.6 Å². The third kappa shape index (κ3) is 6.59. The second-order valence-electron chi connectivity index (χ2n) is 7.10. The van der Waals surface area contributed by atoms with E-state index in [9.17, 15) is 14.4 Å². The molecule has 0 aliphatic heterocycles. The zero-order valence-electron chi connectivity index (χ0n) is 18.1. The summed E-state index contributed by atoms with van der Waals surface area (Å²) in [7, 11) is 1.73. The monoisotopic (exact) mass is 491 g/mol. The van der Waals surface area contributed by atoms with Crippen molar-refractivity contribution in [1.29, 1.82) is 0 Å². The van der Waals surface area contributed by atoms with E-state index in [1.54, 1.807) is 37.6 Å². The number of furan rings is 1. The minimum Gasteiger partial charge on any atom is -0.459 e. The molecule has 2 aromatic heterocycles. The minimum absolute atomic E-state index is 0.0295. The summed E-state index contributed by atoms with van der Waals surface area (Å²) in [6.45, 7) is 3.64. The average molecular weight is 492 g/mol. The van der Waals surface area contributed by atoms with Gasteiger partial charge >= 0.3 is 5.97 Å². The van der Waals surface area contributed by atoms with Crippen molar-refractivity contribution in [3.05, 3.63) is 58.8 Å². The van der Waals surface area contributed by atoms with Gasteiger partial charge in [0.15, 0.2) is 16.7 Å². The van der Waals surface area contributed by atoms with Crippen LogP contribution in [-0.4, -0.2) is 44.4 Å². The van der Waals surface area contributed by atoms with Crippen molar-refractivity contribution >= 4 is 46.8 Å². The molecule has 2 heterocycles. The molecule has 33 heavy (non-hydrogen) atoms. The number of aromatic nitrogens is 3. The number of anilines is 1. The van der Waals surface area contributed by atoms with Gasteiger partial charge in [-0.3, -0.25) is 9.59 Å². The van der Waals surface area contributed by atoms with Crippen LogP contribution in [-0.2, 0) is 23.1 Å². The fourth-order valence-corrected chi connectivity index (χ4v) is 3.52. The number of nitrogens with zero attached hydrogens (tertiary/aromatic N) is 3. The van der Waals surface area contributed by atoms with E-state index in [0.29, 0.717) is 21.7 Å². The van der Waals surface area contributed by atoms with Gasteiger partial charge in [0.1, 0.15) is 0 Å². The highest BCUT2D eigenvalue weighted by Gasteiger charge is 2.16. The Labute approximate surface area is 199 Å². The zero-order valence-corrected chi connectivity index (χ0v) is 19.7. The number of ether oxygens (including phenoxy) is 1. The maximum absolute atomic E-state index is 12.4. The van der Waals surface area contributed by atoms with E-state index in [0.717, 1.165) is 11.8 Å². The first-order valence-electron chi connectivity index (χ1n) is 9.87. The van der Waals surface area contributed by atoms with Gasteiger partial charge in [0, 0.05) is 7.05 Å². The molecule has 0 fully saturated rings. The maximum atomic E-state index is 12.4. The smallest absolute Gasteiger partial charge is 0.338 e. The maximum Gasteiger partial charge on any atom is 0.338 e. The molecule has 0 saturated heterocycles. The number of thioether (sulfide) groups is 1. The van der Waals surface area contributed by atoms with Crippen molar-refractivity contribution < 1.29 is 23.5 Å². The van der Waals surface area contributed by atoms with E-state index in [4.69, 9.17) is 20.8 Å². The Bertz CT molecular complexity index is 1150. The molecule has 0 atom stereocenters. The van der Waals surface area contributed by atoms with Crippen molar-refractivity contribution in [2.45, 2.75) is 31.7 Å². The van der Waals surface area contributed by atoms with E-state index in [-0.39, 0.29) is 41.5 Å². The van der Waals surface area contributed by atoms with E-state index in [1.165, 1.54) is 24.5 Å². The number of nitrogens with one attached hydrogen (secondary N) is 2. The molecule has 0 bridgehead atoms. The first-order chi connectivity index (χ1) is 15.7. The Morgan fingerprint density at radius 3 is 2.73 bits per heavy atom. The molecule has 0 aliphatic rings. The second-order valence-corrected chi connectivity index (χ2v) is 8.45. The normalized spacial score (nSPS) is 10.8. The van der Waals surface area contributed by atoms with Gasteiger partial charge in [0.2, 0.25) is 5.91 Å². The van der Waals surface area contributed by atoms with Crippen molar-refractivity contribution in [2.24, 2.45) is 7.05 Å². The van der Waals surface area contributed by atoms with Crippen LogP contribution in [0.1, 0.15) is 40.6 Å². The SMILES string of the molecule is CC(C)OC(=O)c1ccc(Cl)c(NC(=O)CSc2nnc(CNC(=O)c3ccco3)n2C)c1. The molecule has 1 aromatic carbocycles. The predicted octanol–water partition coefficient (Wildman–Crippen LogP) is 3.29. The quantitative estimate of drug-likeness (QED) is 0.344. The van der Waals surface area contributed by atoms with Crippen LogP contribution in [0.4, 0.5) is 5.69 Å². The van der Waals surface area contributed by atoms with Gasteiger partial charge in [-0.05, 0) is 44.2 Å². The number of carbonyl (C=O) groups is 3. The van der Waals surface area contributed by atoms with Gasteiger partial charge < -0.3 is 24.4 Å². The third-order valence-electron chi connectivity index (χ3n) is 4.23. The molecular weight excluding hydrogens is 470 g/mol. The molecule has 0 spiro atoms. The molecule has 2 N–H and O–H groups in total. The number of halogens is 1. The molecule has 0 saturated carbocycles. The predicted molar refractivity (Wildman–Crippen MR) is 122 cm³/mol. The summed E-state index contributed by atoms with van der Waals surface area (Å²) in [5, 5.41) is 14.3. The number of benzene rings is 1. The van der Waals surface area contributed by atoms with E-state index in [2.05, 4.69) is 20.8 Å². The second kappa shape index (κ2) is 11.0. The number of esters is 1. The summed E-state index contributed by atoms with van der Waals surface area (Å²) < 4.78 is 11.9. The third-order valence-corrected chi connectivity index (χ3v) is 5.58.